The highest BCUT2D eigenvalue weighted by molar-refractivity contribution is 6.38. The Balaban J connectivity index is 1.71. The third-order valence-electron chi connectivity index (χ3n) is 9.82. The molecule has 0 radical (unpaired) electrons. The summed E-state index contributed by atoms with van der Waals surface area (Å²) in [7, 11) is 0. The third kappa shape index (κ3) is 10.8. The summed E-state index contributed by atoms with van der Waals surface area (Å²) in [5.74, 6) is -2.87. The molecule has 5 amide bonds. The van der Waals surface area contributed by atoms with Gasteiger partial charge in [0.2, 0.25) is 29.4 Å². The standard InChI is InChI=1S/C34H57N9O6/c1-8-13-24(30(45)33(48)35-21(7)9-2)36-32(47)29-23-15-12-14-22(23)18-43(29)34(49)28(20(5)6)38-31(46)27(19(3)4)37-26(44)17-11-10-16-25-39-41-42-40-25/h19-24,27-29H,8-18H2,1-7H3,(H,35,48)(H,36,47)(H,37,44)(H,38,46)(H,39,40,41,42)/t21-,22+,23+,24?,27-,28+,29?/m1/s1. The molecule has 7 atom stereocenters. The maximum Gasteiger partial charge on any atom is 0.289 e. The van der Waals surface area contributed by atoms with Crippen molar-refractivity contribution in [1.82, 2.24) is 46.8 Å². The molecule has 2 fully saturated rings. The molecule has 49 heavy (non-hydrogen) atoms. The summed E-state index contributed by atoms with van der Waals surface area (Å²) >= 11 is 0. The van der Waals surface area contributed by atoms with Crippen LogP contribution in [0.15, 0.2) is 0 Å². The van der Waals surface area contributed by atoms with E-state index in [1.807, 2.05) is 48.5 Å². The average molecular weight is 688 g/mol. The Labute approximate surface area is 289 Å². The molecule has 0 aromatic carbocycles. The van der Waals surface area contributed by atoms with Crippen LogP contribution in [0.1, 0.15) is 112 Å². The number of carbonyl (C=O) groups is 6. The number of likely N-dealkylation sites (tertiary alicyclic amines) is 1. The zero-order valence-electron chi connectivity index (χ0n) is 30.2. The third-order valence-corrected chi connectivity index (χ3v) is 9.82. The van der Waals surface area contributed by atoms with Crippen LogP contribution in [0.3, 0.4) is 0 Å². The second-order valence-corrected chi connectivity index (χ2v) is 14.4. The van der Waals surface area contributed by atoms with E-state index < -0.39 is 47.7 Å². The molecule has 15 nitrogen and oxygen atoms in total. The summed E-state index contributed by atoms with van der Waals surface area (Å²) in [5, 5.41) is 24.9. The Kier molecular flexibility index (Phi) is 15.1. The molecule has 1 aliphatic heterocycles. The lowest BCUT2D eigenvalue weighted by Crippen LogP contribution is -2.60. The molecule has 15 heteroatoms. The number of Topliss-reactive ketones (excluding diaryl/α,β-unsaturated/α-hetero) is 1. The molecule has 1 aliphatic carbocycles. The number of hydrogen-bond donors (Lipinski definition) is 5. The van der Waals surface area contributed by atoms with Crippen LogP contribution in [-0.4, -0.2) is 97.6 Å². The minimum atomic E-state index is -1.01. The maximum atomic E-state index is 14.3. The number of nitrogens with one attached hydrogen (secondary N) is 5. The van der Waals surface area contributed by atoms with Crippen LogP contribution in [0.2, 0.25) is 0 Å². The molecular weight excluding hydrogens is 630 g/mol. The lowest BCUT2D eigenvalue weighted by molar-refractivity contribution is -0.145. The van der Waals surface area contributed by atoms with Crippen LogP contribution in [-0.2, 0) is 35.2 Å². The monoisotopic (exact) mass is 687 g/mol. The number of amides is 5. The predicted molar refractivity (Wildman–Crippen MR) is 181 cm³/mol. The van der Waals surface area contributed by atoms with Crippen LogP contribution in [0.5, 0.6) is 0 Å². The van der Waals surface area contributed by atoms with E-state index in [0.29, 0.717) is 50.9 Å². The Morgan fingerprint density at radius 1 is 0.898 bits per heavy atom. The number of hydrogen-bond acceptors (Lipinski definition) is 9. The van der Waals surface area contributed by atoms with Crippen molar-refractivity contribution in [3.05, 3.63) is 5.82 Å². The van der Waals surface area contributed by atoms with Gasteiger partial charge in [0.25, 0.3) is 5.91 Å². The Bertz CT molecular complexity index is 1290. The molecule has 1 aromatic heterocycles. The van der Waals surface area contributed by atoms with E-state index in [0.717, 1.165) is 19.3 Å². The van der Waals surface area contributed by atoms with Crippen LogP contribution in [0, 0.1) is 23.7 Å². The number of tetrazole rings is 1. The lowest BCUT2D eigenvalue weighted by Gasteiger charge is -2.34. The average Bonchev–Trinajstić information content (AvgIpc) is 3.81. The van der Waals surface area contributed by atoms with E-state index in [-0.39, 0.29) is 47.9 Å². The van der Waals surface area contributed by atoms with E-state index in [2.05, 4.69) is 41.9 Å². The maximum absolute atomic E-state index is 14.3. The zero-order chi connectivity index (χ0) is 36.2. The first-order valence-electron chi connectivity index (χ1n) is 18.1. The predicted octanol–water partition coefficient (Wildman–Crippen LogP) is 1.59. The minimum absolute atomic E-state index is 0.0817. The highest BCUT2D eigenvalue weighted by Gasteiger charge is 2.51. The number of rotatable bonds is 19. The number of aryl methyl sites for hydroxylation is 1. The molecule has 1 saturated heterocycles. The molecular formula is C34H57N9O6. The molecule has 2 heterocycles. The number of H-pyrrole nitrogens is 1. The van der Waals surface area contributed by atoms with Crippen molar-refractivity contribution in [3.63, 3.8) is 0 Å². The van der Waals surface area contributed by atoms with Crippen LogP contribution in [0.4, 0.5) is 0 Å². The fourth-order valence-electron chi connectivity index (χ4n) is 6.82. The van der Waals surface area contributed by atoms with E-state index in [1.54, 1.807) is 4.90 Å². The van der Waals surface area contributed by atoms with Gasteiger partial charge in [0.15, 0.2) is 0 Å². The smallest absolute Gasteiger partial charge is 0.289 e. The van der Waals surface area contributed by atoms with Crippen molar-refractivity contribution in [3.8, 4) is 0 Å². The lowest BCUT2D eigenvalue weighted by atomic mass is 9.92. The number of ketones is 1. The van der Waals surface area contributed by atoms with Gasteiger partial charge in [0.05, 0.1) is 6.04 Å². The van der Waals surface area contributed by atoms with E-state index in [4.69, 9.17) is 0 Å². The summed E-state index contributed by atoms with van der Waals surface area (Å²) in [6.07, 6.45) is 6.21. The largest absolute Gasteiger partial charge is 0.347 e. The highest BCUT2D eigenvalue weighted by Crippen LogP contribution is 2.42. The van der Waals surface area contributed by atoms with Gasteiger partial charge in [-0.05, 0) is 79.5 Å². The molecule has 3 rings (SSSR count). The van der Waals surface area contributed by atoms with Gasteiger partial charge in [-0.3, -0.25) is 28.8 Å². The number of nitrogens with zero attached hydrogens (tertiary/aromatic N) is 4. The molecule has 1 saturated carbocycles. The molecule has 0 spiro atoms. The summed E-state index contributed by atoms with van der Waals surface area (Å²) in [6.45, 7) is 13.3. The van der Waals surface area contributed by atoms with E-state index >= 15 is 0 Å². The number of unbranched alkanes of at least 4 members (excludes halogenated alkanes) is 1. The van der Waals surface area contributed by atoms with E-state index in [1.165, 1.54) is 0 Å². The van der Waals surface area contributed by atoms with Crippen molar-refractivity contribution in [1.29, 1.82) is 0 Å². The number of aromatic nitrogens is 4. The van der Waals surface area contributed by atoms with Gasteiger partial charge < -0.3 is 26.2 Å². The highest BCUT2D eigenvalue weighted by atomic mass is 16.2. The van der Waals surface area contributed by atoms with Gasteiger partial charge in [-0.2, -0.15) is 0 Å². The Hall–Kier alpha value is -3.91. The van der Waals surface area contributed by atoms with Crippen molar-refractivity contribution in [2.24, 2.45) is 23.7 Å². The Morgan fingerprint density at radius 2 is 1.61 bits per heavy atom. The first-order valence-corrected chi connectivity index (χ1v) is 18.1. The van der Waals surface area contributed by atoms with Crippen molar-refractivity contribution in [2.75, 3.05) is 6.54 Å². The van der Waals surface area contributed by atoms with Crippen LogP contribution < -0.4 is 21.3 Å². The molecule has 1 aromatic rings. The summed E-state index contributed by atoms with van der Waals surface area (Å²) < 4.78 is 0. The quantitative estimate of drug-likeness (QED) is 0.106. The van der Waals surface area contributed by atoms with Crippen molar-refractivity contribution in [2.45, 2.75) is 143 Å². The first kappa shape index (κ1) is 39.5. The minimum Gasteiger partial charge on any atom is -0.347 e. The zero-order valence-corrected chi connectivity index (χ0v) is 30.2. The van der Waals surface area contributed by atoms with E-state index in [9.17, 15) is 28.8 Å². The fraction of sp³-hybridized carbons (Fsp3) is 0.794. The summed E-state index contributed by atoms with van der Waals surface area (Å²) in [4.78, 5) is 82.0. The molecule has 274 valence electrons. The number of carbonyl (C=O) groups excluding carboxylic acids is 6. The van der Waals surface area contributed by atoms with Gasteiger partial charge in [0, 0.05) is 25.4 Å². The molecule has 2 unspecified atom stereocenters. The SMILES string of the molecule is CCCC(NC(=O)C1[C@H]2CCC[C@H]2CN1C(=O)[C@@H](NC(=O)[C@H](NC(=O)CCCCc1nnn[nH]1)C(C)C)C(C)C)C(=O)C(=O)N[C@H](C)CC. The van der Waals surface area contributed by atoms with Crippen LogP contribution in [0.25, 0.3) is 0 Å². The van der Waals surface area contributed by atoms with Gasteiger partial charge >= 0.3 is 0 Å². The second kappa shape index (κ2) is 18.7. The van der Waals surface area contributed by atoms with Gasteiger partial charge in [-0.1, -0.05) is 54.4 Å². The molecule has 2 aliphatic rings. The molecule has 0 bridgehead atoms. The van der Waals surface area contributed by atoms with Gasteiger partial charge in [0.1, 0.15) is 23.9 Å². The summed E-state index contributed by atoms with van der Waals surface area (Å²) in [6, 6.07) is -3.81. The normalized spacial score (nSPS) is 21.1. The van der Waals surface area contributed by atoms with Gasteiger partial charge in [-0.15, -0.1) is 5.10 Å². The van der Waals surface area contributed by atoms with Crippen molar-refractivity contribution < 1.29 is 28.8 Å². The number of aromatic amines is 1. The van der Waals surface area contributed by atoms with Crippen LogP contribution >= 0.6 is 0 Å². The topological polar surface area (TPSA) is 208 Å². The fourth-order valence-corrected chi connectivity index (χ4v) is 6.82. The first-order chi connectivity index (χ1) is 23.3. The Morgan fingerprint density at radius 3 is 2.22 bits per heavy atom. The van der Waals surface area contributed by atoms with Gasteiger partial charge in [-0.25, -0.2) is 5.10 Å². The molecule has 5 N–H and O–H groups in total. The number of fused-ring (bicyclic) bond motifs is 1. The van der Waals surface area contributed by atoms with Crippen molar-refractivity contribution >= 4 is 35.3 Å². The second-order valence-electron chi connectivity index (χ2n) is 14.4. The summed E-state index contributed by atoms with van der Waals surface area (Å²) in [5.41, 5.74) is 0.